The Morgan fingerprint density at radius 2 is 2.18 bits per heavy atom. The first-order valence-electron chi connectivity index (χ1n) is 5.06. The van der Waals surface area contributed by atoms with E-state index in [9.17, 15) is 9.90 Å². The number of carbonyl (C=O) groups is 1. The van der Waals surface area contributed by atoms with Gasteiger partial charge in [-0.3, -0.25) is 0 Å². The van der Waals surface area contributed by atoms with Crippen molar-refractivity contribution in [3.05, 3.63) is 47.4 Å². The van der Waals surface area contributed by atoms with Crippen LogP contribution in [0.3, 0.4) is 0 Å². The highest BCUT2D eigenvalue weighted by molar-refractivity contribution is 7.17. The molecule has 2 aromatic rings. The number of hydrogen-bond acceptors (Lipinski definition) is 4. The van der Waals surface area contributed by atoms with E-state index in [-0.39, 0.29) is 5.57 Å². The molecule has 0 bridgehead atoms. The van der Waals surface area contributed by atoms with Crippen molar-refractivity contribution in [1.29, 1.82) is 0 Å². The molecule has 0 amide bonds. The van der Waals surface area contributed by atoms with E-state index < -0.39 is 12.1 Å². The lowest BCUT2D eigenvalue weighted by molar-refractivity contribution is -0.137. The third kappa shape index (κ3) is 2.09. The maximum atomic E-state index is 11.3. The highest BCUT2D eigenvalue weighted by atomic mass is 32.1. The monoisotopic (exact) mass is 248 g/mol. The molecule has 0 fully saturated rings. The molecule has 0 spiro atoms. The first-order chi connectivity index (χ1) is 8.15. The number of esters is 1. The molecular formula is C13H12O3S. The highest BCUT2D eigenvalue weighted by Crippen LogP contribution is 2.33. The molecule has 2 rings (SSSR count). The molecule has 0 saturated heterocycles. The summed E-state index contributed by atoms with van der Waals surface area (Å²) in [7, 11) is 1.27. The zero-order valence-electron chi connectivity index (χ0n) is 9.34. The third-order valence-electron chi connectivity index (χ3n) is 2.58. The standard InChI is InChI=1S/C13H12O3S/c1-8(13(15)16-2)12(14)10-7-17-11-6-4-3-5-9(10)11/h3-7,12,14H,1H2,2H3. The number of aliphatic hydroxyl groups excluding tert-OH is 1. The number of aliphatic hydroxyl groups is 1. The SMILES string of the molecule is C=C(C(=O)OC)C(O)c1csc2ccccc12. The van der Waals surface area contributed by atoms with Crippen molar-refractivity contribution in [2.24, 2.45) is 0 Å². The van der Waals surface area contributed by atoms with E-state index in [1.165, 1.54) is 18.4 Å². The van der Waals surface area contributed by atoms with Gasteiger partial charge in [-0.1, -0.05) is 24.8 Å². The Morgan fingerprint density at radius 1 is 1.47 bits per heavy atom. The van der Waals surface area contributed by atoms with Crippen LogP contribution in [0.1, 0.15) is 11.7 Å². The molecule has 88 valence electrons. The second-order valence-electron chi connectivity index (χ2n) is 3.61. The molecule has 0 aliphatic carbocycles. The van der Waals surface area contributed by atoms with Gasteiger partial charge in [0.2, 0.25) is 0 Å². The van der Waals surface area contributed by atoms with Crippen molar-refractivity contribution >= 4 is 27.4 Å². The van der Waals surface area contributed by atoms with Crippen molar-refractivity contribution in [1.82, 2.24) is 0 Å². The van der Waals surface area contributed by atoms with Crippen molar-refractivity contribution in [3.8, 4) is 0 Å². The summed E-state index contributed by atoms with van der Waals surface area (Å²) in [4.78, 5) is 11.3. The van der Waals surface area contributed by atoms with E-state index in [2.05, 4.69) is 11.3 Å². The number of rotatable bonds is 3. The fourth-order valence-electron chi connectivity index (χ4n) is 1.64. The molecule has 1 N–H and O–H groups in total. The Labute approximate surface area is 103 Å². The summed E-state index contributed by atoms with van der Waals surface area (Å²) in [5.74, 6) is -0.590. The first-order valence-corrected chi connectivity index (χ1v) is 5.94. The molecule has 0 aliphatic rings. The lowest BCUT2D eigenvalue weighted by Gasteiger charge is -2.11. The van der Waals surface area contributed by atoms with Crippen LogP contribution in [-0.2, 0) is 9.53 Å². The summed E-state index contributed by atoms with van der Waals surface area (Å²) in [5, 5.41) is 12.9. The predicted molar refractivity (Wildman–Crippen MR) is 67.9 cm³/mol. The molecule has 1 atom stereocenters. The van der Waals surface area contributed by atoms with Crippen LogP contribution >= 0.6 is 11.3 Å². The minimum absolute atomic E-state index is 0.0519. The quantitative estimate of drug-likeness (QED) is 0.671. The second kappa shape index (κ2) is 4.69. The largest absolute Gasteiger partial charge is 0.466 e. The van der Waals surface area contributed by atoms with Crippen LogP contribution in [0, 0.1) is 0 Å². The van der Waals surface area contributed by atoms with E-state index in [1.54, 1.807) is 0 Å². The van der Waals surface area contributed by atoms with Crippen LogP contribution in [0.2, 0.25) is 0 Å². The van der Waals surface area contributed by atoms with Crippen LogP contribution in [-0.4, -0.2) is 18.2 Å². The first kappa shape index (κ1) is 11.8. The Bertz CT molecular complexity index is 571. The highest BCUT2D eigenvalue weighted by Gasteiger charge is 2.21. The van der Waals surface area contributed by atoms with Crippen molar-refractivity contribution in [3.63, 3.8) is 0 Å². The average molecular weight is 248 g/mol. The Hall–Kier alpha value is -1.65. The van der Waals surface area contributed by atoms with Gasteiger partial charge in [-0.25, -0.2) is 4.79 Å². The summed E-state index contributed by atoms with van der Waals surface area (Å²) in [6.07, 6.45) is -1.02. The number of benzene rings is 1. The molecule has 1 heterocycles. The zero-order valence-corrected chi connectivity index (χ0v) is 10.2. The van der Waals surface area contributed by atoms with Gasteiger partial charge in [-0.15, -0.1) is 11.3 Å². The fraction of sp³-hybridized carbons (Fsp3) is 0.154. The van der Waals surface area contributed by atoms with E-state index in [4.69, 9.17) is 0 Å². The fourth-order valence-corrected chi connectivity index (χ4v) is 2.62. The van der Waals surface area contributed by atoms with Gasteiger partial charge in [0, 0.05) is 10.3 Å². The molecule has 0 saturated carbocycles. The average Bonchev–Trinajstić information content (AvgIpc) is 2.79. The van der Waals surface area contributed by atoms with Crippen LogP contribution in [0.15, 0.2) is 41.8 Å². The number of thiophene rings is 1. The molecule has 1 aromatic heterocycles. The smallest absolute Gasteiger partial charge is 0.336 e. The van der Waals surface area contributed by atoms with Gasteiger partial charge in [0.15, 0.2) is 0 Å². The number of ether oxygens (including phenoxy) is 1. The molecule has 17 heavy (non-hydrogen) atoms. The van der Waals surface area contributed by atoms with Gasteiger partial charge >= 0.3 is 5.97 Å². The summed E-state index contributed by atoms with van der Waals surface area (Å²) >= 11 is 1.53. The van der Waals surface area contributed by atoms with Gasteiger partial charge in [-0.05, 0) is 16.8 Å². The summed E-state index contributed by atoms with van der Waals surface area (Å²) in [5.41, 5.74) is 0.747. The summed E-state index contributed by atoms with van der Waals surface area (Å²) in [6, 6.07) is 7.71. The molecule has 3 nitrogen and oxygen atoms in total. The lowest BCUT2D eigenvalue weighted by Crippen LogP contribution is -2.11. The van der Waals surface area contributed by atoms with E-state index in [0.29, 0.717) is 5.56 Å². The van der Waals surface area contributed by atoms with Crippen LogP contribution in [0.25, 0.3) is 10.1 Å². The number of methoxy groups -OCH3 is 1. The van der Waals surface area contributed by atoms with Gasteiger partial charge < -0.3 is 9.84 Å². The molecule has 1 aromatic carbocycles. The predicted octanol–water partition coefficient (Wildman–Crippen LogP) is 2.66. The number of fused-ring (bicyclic) bond motifs is 1. The van der Waals surface area contributed by atoms with Crippen molar-refractivity contribution in [2.75, 3.05) is 7.11 Å². The second-order valence-corrected chi connectivity index (χ2v) is 4.52. The number of carbonyl (C=O) groups excluding carboxylic acids is 1. The Balaban J connectivity index is 2.40. The number of hydrogen-bond donors (Lipinski definition) is 1. The molecule has 0 aliphatic heterocycles. The van der Waals surface area contributed by atoms with Gasteiger partial charge in [0.05, 0.1) is 12.7 Å². The van der Waals surface area contributed by atoms with E-state index >= 15 is 0 Å². The topological polar surface area (TPSA) is 46.5 Å². The maximum Gasteiger partial charge on any atom is 0.336 e. The molecule has 4 heteroatoms. The maximum absolute atomic E-state index is 11.3. The van der Waals surface area contributed by atoms with E-state index in [1.807, 2.05) is 29.6 Å². The molecular weight excluding hydrogens is 236 g/mol. The minimum atomic E-state index is -1.02. The summed E-state index contributed by atoms with van der Waals surface area (Å²) < 4.78 is 5.62. The van der Waals surface area contributed by atoms with Crippen molar-refractivity contribution in [2.45, 2.75) is 6.10 Å². The van der Waals surface area contributed by atoms with E-state index in [0.717, 1.165) is 10.1 Å². The zero-order chi connectivity index (χ0) is 12.4. The van der Waals surface area contributed by atoms with Crippen LogP contribution in [0.4, 0.5) is 0 Å². The minimum Gasteiger partial charge on any atom is -0.466 e. The normalized spacial score (nSPS) is 12.4. The molecule has 1 unspecified atom stereocenters. The van der Waals surface area contributed by atoms with Gasteiger partial charge in [0.1, 0.15) is 6.10 Å². The third-order valence-corrected chi connectivity index (χ3v) is 3.56. The molecule has 0 radical (unpaired) electrons. The van der Waals surface area contributed by atoms with Crippen LogP contribution < -0.4 is 0 Å². The van der Waals surface area contributed by atoms with Gasteiger partial charge in [-0.2, -0.15) is 0 Å². The Kier molecular flexibility index (Phi) is 3.26. The lowest BCUT2D eigenvalue weighted by atomic mass is 10.0. The van der Waals surface area contributed by atoms with Crippen LogP contribution in [0.5, 0.6) is 0 Å². The van der Waals surface area contributed by atoms with Gasteiger partial charge in [0.25, 0.3) is 0 Å². The Morgan fingerprint density at radius 3 is 2.88 bits per heavy atom. The van der Waals surface area contributed by atoms with Crippen molar-refractivity contribution < 1.29 is 14.6 Å². The summed E-state index contributed by atoms with van der Waals surface area (Å²) in [6.45, 7) is 3.57.